The van der Waals surface area contributed by atoms with Gasteiger partial charge >= 0.3 is 24.0 Å². The lowest BCUT2D eigenvalue weighted by atomic mass is 10.0. The smallest absolute Gasteiger partial charge is 0.417 e. The monoisotopic (exact) mass is 475 g/mol. The van der Waals surface area contributed by atoms with E-state index < -0.39 is 66.7 Å². The summed E-state index contributed by atoms with van der Waals surface area (Å²) in [6.07, 6.45) is -5.30. The van der Waals surface area contributed by atoms with Crippen LogP contribution in [0.3, 0.4) is 0 Å². The van der Waals surface area contributed by atoms with Crippen molar-refractivity contribution < 1.29 is 47.7 Å². The Hall–Kier alpha value is -3.47. The molecule has 182 valence electrons. The lowest BCUT2D eigenvalue weighted by Gasteiger charge is -2.23. The normalized spacial score (nSPS) is 29.1. The number of carbonyl (C=O) groups excluding carboxylic acids is 5. The molecule has 2 saturated heterocycles. The third-order valence-corrected chi connectivity index (χ3v) is 5.94. The summed E-state index contributed by atoms with van der Waals surface area (Å²) >= 11 is 0. The van der Waals surface area contributed by atoms with Gasteiger partial charge in [0.15, 0.2) is 6.10 Å². The Morgan fingerprint density at radius 1 is 0.971 bits per heavy atom. The van der Waals surface area contributed by atoms with Crippen molar-refractivity contribution in [2.45, 2.75) is 76.8 Å². The average Bonchev–Trinajstić information content (AvgIpc) is 3.35. The number of esters is 3. The Kier molecular flexibility index (Phi) is 6.56. The number of nitrogens with zero attached hydrogens (tertiary/aromatic N) is 1. The molecule has 1 aromatic rings. The standard InChI is InChI=1S/C23H25NO10/c1-11(25)30-20-16(33-22(32-13(3)27)21(20)31-12(2)26)8-9-18(28)24-19-15-7-5-4-6-14(15)10-17(19)34-23(24)29/h4-7,16-17,19-22H,8-10H2,1-3H3/t16-,17-,19+,20-,21-,22?/m1/s1. The van der Waals surface area contributed by atoms with Crippen molar-refractivity contribution in [3.05, 3.63) is 35.4 Å². The molecule has 0 N–H and O–H groups in total. The summed E-state index contributed by atoms with van der Waals surface area (Å²) in [4.78, 5) is 61.4. The van der Waals surface area contributed by atoms with Gasteiger partial charge in [0.1, 0.15) is 18.2 Å². The van der Waals surface area contributed by atoms with Crippen LogP contribution in [0.4, 0.5) is 4.79 Å². The lowest BCUT2D eigenvalue weighted by Crippen LogP contribution is -2.41. The van der Waals surface area contributed by atoms with Gasteiger partial charge in [0.25, 0.3) is 0 Å². The van der Waals surface area contributed by atoms with E-state index in [0.29, 0.717) is 6.42 Å². The highest BCUT2D eigenvalue weighted by Crippen LogP contribution is 2.43. The van der Waals surface area contributed by atoms with E-state index in [4.69, 9.17) is 23.7 Å². The molecule has 0 spiro atoms. The molecule has 3 aliphatic rings. The zero-order valence-electron chi connectivity index (χ0n) is 18.9. The fourth-order valence-corrected chi connectivity index (χ4v) is 4.72. The Morgan fingerprint density at radius 2 is 1.62 bits per heavy atom. The number of hydrogen-bond donors (Lipinski definition) is 0. The van der Waals surface area contributed by atoms with Crippen LogP contribution < -0.4 is 0 Å². The van der Waals surface area contributed by atoms with Gasteiger partial charge in [0, 0.05) is 33.6 Å². The first-order valence-electron chi connectivity index (χ1n) is 10.9. The highest BCUT2D eigenvalue weighted by molar-refractivity contribution is 5.94. The number of carbonyl (C=O) groups is 5. The number of fused-ring (bicyclic) bond motifs is 3. The third-order valence-electron chi connectivity index (χ3n) is 5.94. The Balaban J connectivity index is 1.49. The van der Waals surface area contributed by atoms with Gasteiger partial charge in [0.05, 0.1) is 0 Å². The summed E-state index contributed by atoms with van der Waals surface area (Å²) in [5, 5.41) is 0. The van der Waals surface area contributed by atoms with E-state index in [1.807, 2.05) is 24.3 Å². The fourth-order valence-electron chi connectivity index (χ4n) is 4.72. The number of amides is 2. The van der Waals surface area contributed by atoms with Gasteiger partial charge in [-0.1, -0.05) is 24.3 Å². The first-order chi connectivity index (χ1) is 16.2. The minimum absolute atomic E-state index is 0.00905. The van der Waals surface area contributed by atoms with Crippen LogP contribution in [0.5, 0.6) is 0 Å². The number of ether oxygens (including phenoxy) is 5. The van der Waals surface area contributed by atoms with E-state index in [1.165, 1.54) is 6.92 Å². The minimum atomic E-state index is -1.31. The van der Waals surface area contributed by atoms with Crippen molar-refractivity contribution >= 4 is 29.9 Å². The average molecular weight is 475 g/mol. The second kappa shape index (κ2) is 9.41. The minimum Gasteiger partial charge on any atom is -0.456 e. The van der Waals surface area contributed by atoms with Gasteiger partial charge in [-0.15, -0.1) is 0 Å². The van der Waals surface area contributed by atoms with Gasteiger partial charge in [0.2, 0.25) is 18.3 Å². The molecule has 2 aliphatic heterocycles. The predicted octanol–water partition coefficient (Wildman–Crippen LogP) is 1.56. The van der Waals surface area contributed by atoms with E-state index in [1.54, 1.807) is 0 Å². The summed E-state index contributed by atoms with van der Waals surface area (Å²) in [5.41, 5.74) is 1.89. The molecular formula is C23H25NO10. The molecule has 0 bridgehead atoms. The van der Waals surface area contributed by atoms with Crippen LogP contribution in [0.25, 0.3) is 0 Å². The van der Waals surface area contributed by atoms with E-state index in [9.17, 15) is 24.0 Å². The van der Waals surface area contributed by atoms with Crippen LogP contribution in [0.1, 0.15) is 50.8 Å². The number of imide groups is 1. The Morgan fingerprint density at radius 3 is 2.29 bits per heavy atom. The van der Waals surface area contributed by atoms with E-state index in [2.05, 4.69) is 0 Å². The van der Waals surface area contributed by atoms with Crippen LogP contribution in [0.2, 0.25) is 0 Å². The zero-order valence-corrected chi connectivity index (χ0v) is 18.9. The van der Waals surface area contributed by atoms with Crippen LogP contribution >= 0.6 is 0 Å². The predicted molar refractivity (Wildman–Crippen MR) is 111 cm³/mol. The molecule has 11 heteroatoms. The first-order valence-corrected chi connectivity index (χ1v) is 10.9. The van der Waals surface area contributed by atoms with Crippen LogP contribution in [-0.4, -0.2) is 65.5 Å². The van der Waals surface area contributed by atoms with Crippen molar-refractivity contribution in [2.75, 3.05) is 0 Å². The van der Waals surface area contributed by atoms with Gasteiger partial charge in [-0.3, -0.25) is 19.2 Å². The van der Waals surface area contributed by atoms with Gasteiger partial charge in [-0.05, 0) is 17.5 Å². The third kappa shape index (κ3) is 4.60. The summed E-state index contributed by atoms with van der Waals surface area (Å²) < 4.78 is 26.7. The quantitative estimate of drug-likeness (QED) is 0.441. The van der Waals surface area contributed by atoms with Gasteiger partial charge in [-0.25, -0.2) is 9.69 Å². The number of hydrogen-bond acceptors (Lipinski definition) is 10. The Labute approximate surface area is 195 Å². The first kappa shape index (κ1) is 23.7. The summed E-state index contributed by atoms with van der Waals surface area (Å²) in [6, 6.07) is 7.02. The molecule has 1 aromatic carbocycles. The maximum absolute atomic E-state index is 13.1. The van der Waals surface area contributed by atoms with Crippen molar-refractivity contribution in [2.24, 2.45) is 0 Å². The number of rotatable bonds is 6. The topological polar surface area (TPSA) is 135 Å². The summed E-state index contributed by atoms with van der Waals surface area (Å²) in [7, 11) is 0. The maximum Gasteiger partial charge on any atom is 0.417 e. The van der Waals surface area contributed by atoms with E-state index in [0.717, 1.165) is 29.9 Å². The Bertz CT molecular complexity index is 1020. The van der Waals surface area contributed by atoms with Crippen LogP contribution in [0.15, 0.2) is 24.3 Å². The van der Waals surface area contributed by atoms with Crippen molar-refractivity contribution in [1.82, 2.24) is 4.90 Å². The fraction of sp³-hybridized carbons (Fsp3) is 0.522. The van der Waals surface area contributed by atoms with Crippen molar-refractivity contribution in [3.63, 3.8) is 0 Å². The van der Waals surface area contributed by atoms with Crippen LogP contribution in [-0.2, 0) is 49.3 Å². The number of benzene rings is 1. The molecule has 2 heterocycles. The molecule has 6 atom stereocenters. The molecule has 4 rings (SSSR count). The highest BCUT2D eigenvalue weighted by atomic mass is 16.7. The second-order valence-electron chi connectivity index (χ2n) is 8.37. The molecular weight excluding hydrogens is 450 g/mol. The highest BCUT2D eigenvalue weighted by Gasteiger charge is 2.53. The molecule has 34 heavy (non-hydrogen) atoms. The van der Waals surface area contributed by atoms with Gasteiger partial charge in [-0.2, -0.15) is 0 Å². The zero-order chi connectivity index (χ0) is 24.6. The molecule has 2 amide bonds. The van der Waals surface area contributed by atoms with Crippen LogP contribution in [0, 0.1) is 0 Å². The van der Waals surface area contributed by atoms with Gasteiger partial charge < -0.3 is 23.7 Å². The molecule has 1 aliphatic carbocycles. The van der Waals surface area contributed by atoms with Crippen molar-refractivity contribution in [1.29, 1.82) is 0 Å². The maximum atomic E-state index is 13.1. The molecule has 1 unspecified atom stereocenters. The molecule has 0 radical (unpaired) electrons. The lowest BCUT2D eigenvalue weighted by molar-refractivity contribution is -0.195. The summed E-state index contributed by atoms with van der Waals surface area (Å²) in [5.74, 6) is -2.53. The van der Waals surface area contributed by atoms with E-state index in [-0.39, 0.29) is 12.8 Å². The molecule has 0 aromatic heterocycles. The largest absolute Gasteiger partial charge is 0.456 e. The second-order valence-corrected chi connectivity index (χ2v) is 8.37. The van der Waals surface area contributed by atoms with Crippen molar-refractivity contribution in [3.8, 4) is 0 Å². The summed E-state index contributed by atoms with van der Waals surface area (Å²) in [6.45, 7) is 3.48. The molecule has 2 fully saturated rings. The molecule has 11 nitrogen and oxygen atoms in total. The van der Waals surface area contributed by atoms with E-state index >= 15 is 0 Å². The molecule has 0 saturated carbocycles. The SMILES string of the molecule is CC(=O)OC1O[C@H](CCC(=O)N2C(=O)O[C@@H]3Cc4ccccc4[C@@H]32)[C@@H](OC(C)=O)[C@H]1OC(C)=O.